The van der Waals surface area contributed by atoms with Crippen molar-refractivity contribution in [3.05, 3.63) is 66.1 Å². The van der Waals surface area contributed by atoms with Crippen LogP contribution in [-0.4, -0.2) is 24.5 Å². The van der Waals surface area contributed by atoms with Crippen LogP contribution in [0.4, 0.5) is 17.6 Å². The lowest BCUT2D eigenvalue weighted by molar-refractivity contribution is -0.141. The molecule has 0 saturated heterocycles. The van der Waals surface area contributed by atoms with Crippen molar-refractivity contribution in [2.75, 3.05) is 6.26 Å². The third-order valence-corrected chi connectivity index (χ3v) is 4.76. The molecule has 0 bridgehead atoms. The molecule has 1 aromatic heterocycles. The average Bonchev–Trinajstić information content (AvgIpc) is 3.00. The maximum atomic E-state index is 14.2. The molecule has 4 nitrogen and oxygen atoms in total. The first kappa shape index (κ1) is 18.1. The molecule has 0 aliphatic heterocycles. The highest BCUT2D eigenvalue weighted by Gasteiger charge is 2.35. The van der Waals surface area contributed by atoms with Crippen LogP contribution < -0.4 is 0 Å². The molecule has 0 N–H and O–H groups in total. The van der Waals surface area contributed by atoms with Crippen molar-refractivity contribution >= 4 is 9.84 Å². The van der Waals surface area contributed by atoms with E-state index in [-0.39, 0.29) is 11.3 Å². The minimum absolute atomic E-state index is 0.0116. The number of aromatic nitrogens is 2. The number of hydrogen-bond donors (Lipinski definition) is 0. The summed E-state index contributed by atoms with van der Waals surface area (Å²) in [6.07, 6.45) is -3.83. The molecule has 26 heavy (non-hydrogen) atoms. The van der Waals surface area contributed by atoms with E-state index in [0.717, 1.165) is 29.1 Å². The SMILES string of the molecule is CS(=O)(=O)c1ccc(-c2cc(C(F)(F)F)nn2-c2ccccc2)cc1F. The molecule has 0 atom stereocenters. The second kappa shape index (κ2) is 6.24. The van der Waals surface area contributed by atoms with E-state index in [0.29, 0.717) is 5.69 Å². The molecular formula is C17H12F4N2O2S. The van der Waals surface area contributed by atoms with Gasteiger partial charge in [0, 0.05) is 11.8 Å². The van der Waals surface area contributed by atoms with Gasteiger partial charge in [-0.2, -0.15) is 18.3 Å². The van der Waals surface area contributed by atoms with Crippen LogP contribution in [0.15, 0.2) is 59.5 Å². The van der Waals surface area contributed by atoms with Gasteiger partial charge in [0.25, 0.3) is 0 Å². The van der Waals surface area contributed by atoms with Crippen molar-refractivity contribution < 1.29 is 26.0 Å². The van der Waals surface area contributed by atoms with Crippen LogP contribution in [0.25, 0.3) is 16.9 Å². The number of alkyl halides is 3. The Kier molecular flexibility index (Phi) is 4.35. The van der Waals surface area contributed by atoms with Gasteiger partial charge in [-0.05, 0) is 30.3 Å². The average molecular weight is 384 g/mol. The van der Waals surface area contributed by atoms with Gasteiger partial charge >= 0.3 is 6.18 Å². The van der Waals surface area contributed by atoms with Gasteiger partial charge < -0.3 is 0 Å². The number of benzene rings is 2. The predicted molar refractivity (Wildman–Crippen MR) is 87.1 cm³/mol. The molecule has 136 valence electrons. The zero-order valence-electron chi connectivity index (χ0n) is 13.3. The number of para-hydroxylation sites is 1. The highest BCUT2D eigenvalue weighted by Crippen LogP contribution is 2.34. The van der Waals surface area contributed by atoms with Gasteiger partial charge in [0.05, 0.1) is 11.4 Å². The van der Waals surface area contributed by atoms with Gasteiger partial charge in [-0.3, -0.25) is 0 Å². The maximum absolute atomic E-state index is 14.2. The Balaban J connectivity index is 2.21. The molecule has 0 unspecified atom stereocenters. The van der Waals surface area contributed by atoms with E-state index >= 15 is 0 Å². The maximum Gasteiger partial charge on any atom is 0.435 e. The highest BCUT2D eigenvalue weighted by molar-refractivity contribution is 7.90. The third kappa shape index (κ3) is 3.48. The van der Waals surface area contributed by atoms with E-state index in [1.807, 2.05) is 0 Å². The van der Waals surface area contributed by atoms with Gasteiger partial charge in [0.1, 0.15) is 10.7 Å². The van der Waals surface area contributed by atoms with Gasteiger partial charge in [-0.1, -0.05) is 24.3 Å². The lowest BCUT2D eigenvalue weighted by Crippen LogP contribution is -2.07. The standard InChI is InChI=1S/C17H12F4N2O2S/c1-26(24,25)15-8-7-11(9-13(15)18)14-10-16(17(19,20)21)22-23(14)12-5-3-2-4-6-12/h2-10H,1H3. The lowest BCUT2D eigenvalue weighted by Gasteiger charge is -2.09. The van der Waals surface area contributed by atoms with Crippen molar-refractivity contribution in [1.29, 1.82) is 0 Å². The van der Waals surface area contributed by atoms with Crippen LogP contribution in [0.2, 0.25) is 0 Å². The van der Waals surface area contributed by atoms with Crippen LogP contribution >= 0.6 is 0 Å². The third-order valence-electron chi connectivity index (χ3n) is 3.63. The Morgan fingerprint density at radius 3 is 2.19 bits per heavy atom. The Hall–Kier alpha value is -2.68. The minimum atomic E-state index is -4.68. The Labute approximate surface area is 146 Å². The van der Waals surface area contributed by atoms with Crippen molar-refractivity contribution in [3.8, 4) is 16.9 Å². The van der Waals surface area contributed by atoms with Crippen molar-refractivity contribution in [1.82, 2.24) is 9.78 Å². The number of rotatable bonds is 3. The smallest absolute Gasteiger partial charge is 0.233 e. The molecule has 0 spiro atoms. The van der Waals surface area contributed by atoms with E-state index < -0.39 is 32.4 Å². The predicted octanol–water partition coefficient (Wildman–Crippen LogP) is 4.10. The van der Waals surface area contributed by atoms with E-state index in [2.05, 4.69) is 5.10 Å². The van der Waals surface area contributed by atoms with E-state index in [1.165, 1.54) is 6.07 Å². The first-order chi connectivity index (χ1) is 12.1. The second-order valence-corrected chi connectivity index (χ2v) is 7.56. The zero-order valence-corrected chi connectivity index (χ0v) is 14.1. The fourth-order valence-electron chi connectivity index (χ4n) is 2.45. The van der Waals surface area contributed by atoms with Crippen molar-refractivity contribution in [3.63, 3.8) is 0 Å². The molecule has 3 aromatic rings. The fourth-order valence-corrected chi connectivity index (χ4v) is 3.18. The Morgan fingerprint density at radius 1 is 1.00 bits per heavy atom. The van der Waals surface area contributed by atoms with E-state index in [1.54, 1.807) is 30.3 Å². The van der Waals surface area contributed by atoms with Crippen LogP contribution in [-0.2, 0) is 16.0 Å². The summed E-state index contributed by atoms with van der Waals surface area (Å²) in [5.41, 5.74) is -0.723. The first-order valence-electron chi connectivity index (χ1n) is 7.30. The van der Waals surface area contributed by atoms with Crippen molar-refractivity contribution in [2.45, 2.75) is 11.1 Å². The van der Waals surface area contributed by atoms with Gasteiger partial charge in [-0.15, -0.1) is 0 Å². The summed E-state index contributed by atoms with van der Waals surface area (Å²) in [7, 11) is -3.79. The summed E-state index contributed by atoms with van der Waals surface area (Å²) < 4.78 is 77.5. The molecule has 0 amide bonds. The summed E-state index contributed by atoms with van der Waals surface area (Å²) >= 11 is 0. The molecular weight excluding hydrogens is 372 g/mol. The molecule has 0 radical (unpaired) electrons. The number of hydrogen-bond acceptors (Lipinski definition) is 3. The number of sulfone groups is 1. The van der Waals surface area contributed by atoms with E-state index in [9.17, 15) is 26.0 Å². The topological polar surface area (TPSA) is 52.0 Å². The Bertz CT molecular complexity index is 1060. The number of halogens is 4. The summed E-state index contributed by atoms with van der Waals surface area (Å²) in [5, 5.41) is 3.58. The molecule has 2 aromatic carbocycles. The first-order valence-corrected chi connectivity index (χ1v) is 9.19. The fraction of sp³-hybridized carbons (Fsp3) is 0.118. The molecule has 0 fully saturated rings. The van der Waals surface area contributed by atoms with Crippen molar-refractivity contribution in [2.24, 2.45) is 0 Å². The molecule has 0 aliphatic carbocycles. The molecule has 1 heterocycles. The van der Waals surface area contributed by atoms with E-state index in [4.69, 9.17) is 0 Å². The van der Waals surface area contributed by atoms with Gasteiger partial charge in [-0.25, -0.2) is 17.5 Å². The monoisotopic (exact) mass is 384 g/mol. The molecule has 3 rings (SSSR count). The van der Waals surface area contributed by atoms with Gasteiger partial charge in [0.2, 0.25) is 0 Å². The van der Waals surface area contributed by atoms with Gasteiger partial charge in [0.15, 0.2) is 15.5 Å². The highest BCUT2D eigenvalue weighted by atomic mass is 32.2. The largest absolute Gasteiger partial charge is 0.435 e. The summed E-state index contributed by atoms with van der Waals surface area (Å²) in [4.78, 5) is -0.525. The molecule has 9 heteroatoms. The molecule has 0 aliphatic rings. The normalized spacial score (nSPS) is 12.3. The molecule has 0 saturated carbocycles. The Morgan fingerprint density at radius 2 is 1.65 bits per heavy atom. The summed E-state index contributed by atoms with van der Waals surface area (Å²) in [5.74, 6) is -1.04. The zero-order chi connectivity index (χ0) is 19.1. The number of nitrogens with zero attached hydrogens (tertiary/aromatic N) is 2. The van der Waals surface area contributed by atoms with Crippen LogP contribution in [0.3, 0.4) is 0 Å². The van der Waals surface area contributed by atoms with Crippen LogP contribution in [0, 0.1) is 5.82 Å². The minimum Gasteiger partial charge on any atom is -0.233 e. The second-order valence-electron chi connectivity index (χ2n) is 5.58. The van der Waals surface area contributed by atoms with Crippen LogP contribution in [0.1, 0.15) is 5.69 Å². The summed E-state index contributed by atoms with van der Waals surface area (Å²) in [6, 6.07) is 12.0. The quantitative estimate of drug-likeness (QED) is 0.639. The summed E-state index contributed by atoms with van der Waals surface area (Å²) in [6.45, 7) is 0. The lowest BCUT2D eigenvalue weighted by atomic mass is 10.1. The van der Waals surface area contributed by atoms with Crippen LogP contribution in [0.5, 0.6) is 0 Å².